The summed E-state index contributed by atoms with van der Waals surface area (Å²) in [5.74, 6) is 1.92. The Bertz CT molecular complexity index is 541. The third-order valence-corrected chi connectivity index (χ3v) is 5.51. The van der Waals surface area contributed by atoms with Crippen LogP contribution in [-0.2, 0) is 17.9 Å². The topological polar surface area (TPSA) is 44.4 Å². The number of nitrogens with one attached hydrogen (secondary N) is 2. The van der Waals surface area contributed by atoms with E-state index in [0.29, 0.717) is 6.54 Å². The van der Waals surface area contributed by atoms with Crippen LogP contribution in [0.3, 0.4) is 0 Å². The summed E-state index contributed by atoms with van der Waals surface area (Å²) in [6.07, 6.45) is 3.45. The molecule has 3 rings (SSSR count). The SMILES string of the molecule is CC1CC(C)CN(Cc2ccc(CNC(=O)C3CCCNC3)cc2)C1. The van der Waals surface area contributed by atoms with Crippen LogP contribution in [0.4, 0.5) is 0 Å². The molecule has 1 aromatic carbocycles. The molecule has 4 heteroatoms. The Morgan fingerprint density at radius 3 is 2.48 bits per heavy atom. The fourth-order valence-electron chi connectivity index (χ4n) is 4.35. The number of piperidine rings is 2. The average Bonchev–Trinajstić information content (AvgIpc) is 2.61. The maximum Gasteiger partial charge on any atom is 0.224 e. The third kappa shape index (κ3) is 5.55. The van der Waals surface area contributed by atoms with E-state index in [-0.39, 0.29) is 11.8 Å². The number of hydrogen-bond donors (Lipinski definition) is 2. The summed E-state index contributed by atoms with van der Waals surface area (Å²) in [5, 5.41) is 6.39. The van der Waals surface area contributed by atoms with Gasteiger partial charge in [-0.25, -0.2) is 0 Å². The van der Waals surface area contributed by atoms with E-state index in [1.54, 1.807) is 0 Å². The summed E-state index contributed by atoms with van der Waals surface area (Å²) in [6.45, 7) is 10.7. The second-order valence-corrected chi connectivity index (χ2v) is 8.22. The van der Waals surface area contributed by atoms with Crippen molar-refractivity contribution in [2.24, 2.45) is 17.8 Å². The molecule has 2 aliphatic heterocycles. The van der Waals surface area contributed by atoms with Gasteiger partial charge in [-0.15, -0.1) is 0 Å². The lowest BCUT2D eigenvalue weighted by atomic mass is 9.91. The maximum atomic E-state index is 12.2. The van der Waals surface area contributed by atoms with E-state index < -0.39 is 0 Å². The van der Waals surface area contributed by atoms with E-state index in [0.717, 1.165) is 44.3 Å². The predicted octanol–water partition coefficient (Wildman–Crippen LogP) is 2.78. The number of rotatable bonds is 5. The summed E-state index contributed by atoms with van der Waals surface area (Å²) in [6, 6.07) is 8.75. The molecule has 3 unspecified atom stereocenters. The van der Waals surface area contributed by atoms with Gasteiger partial charge in [0.05, 0.1) is 5.92 Å². The fraction of sp³-hybridized carbons (Fsp3) is 0.667. The van der Waals surface area contributed by atoms with Crippen LogP contribution >= 0.6 is 0 Å². The first-order valence-electron chi connectivity index (χ1n) is 9.88. The van der Waals surface area contributed by atoms with Gasteiger partial charge in [-0.3, -0.25) is 9.69 Å². The first-order valence-corrected chi connectivity index (χ1v) is 9.88. The van der Waals surface area contributed by atoms with Gasteiger partial charge in [-0.2, -0.15) is 0 Å². The molecule has 1 amide bonds. The quantitative estimate of drug-likeness (QED) is 0.864. The second kappa shape index (κ2) is 8.81. The van der Waals surface area contributed by atoms with E-state index in [1.807, 2.05) is 0 Å². The fourth-order valence-corrected chi connectivity index (χ4v) is 4.35. The number of carbonyl (C=O) groups excluding carboxylic acids is 1. The van der Waals surface area contributed by atoms with Crippen molar-refractivity contribution in [3.63, 3.8) is 0 Å². The molecule has 4 nitrogen and oxygen atoms in total. The van der Waals surface area contributed by atoms with Crippen LogP contribution in [0.1, 0.15) is 44.2 Å². The van der Waals surface area contributed by atoms with Crippen molar-refractivity contribution in [3.05, 3.63) is 35.4 Å². The first kappa shape index (κ1) is 18.4. The lowest BCUT2D eigenvalue weighted by Gasteiger charge is -2.35. The predicted molar refractivity (Wildman–Crippen MR) is 102 cm³/mol. The largest absolute Gasteiger partial charge is 0.352 e. The van der Waals surface area contributed by atoms with Gasteiger partial charge < -0.3 is 10.6 Å². The molecule has 0 bridgehead atoms. The van der Waals surface area contributed by atoms with Crippen LogP contribution < -0.4 is 10.6 Å². The monoisotopic (exact) mass is 343 g/mol. The Morgan fingerprint density at radius 1 is 1.16 bits per heavy atom. The molecule has 2 N–H and O–H groups in total. The summed E-state index contributed by atoms with van der Waals surface area (Å²) >= 11 is 0. The van der Waals surface area contributed by atoms with Gasteiger partial charge in [-0.05, 0) is 48.8 Å². The molecule has 2 fully saturated rings. The minimum atomic E-state index is 0.135. The van der Waals surface area contributed by atoms with Gasteiger partial charge >= 0.3 is 0 Å². The Kier molecular flexibility index (Phi) is 6.49. The Balaban J connectivity index is 1.46. The third-order valence-electron chi connectivity index (χ3n) is 5.51. The molecule has 2 heterocycles. The van der Waals surface area contributed by atoms with Gasteiger partial charge in [0, 0.05) is 32.7 Å². The van der Waals surface area contributed by atoms with Crippen molar-refractivity contribution in [3.8, 4) is 0 Å². The van der Waals surface area contributed by atoms with Crippen LogP contribution in [0, 0.1) is 17.8 Å². The highest BCUT2D eigenvalue weighted by Gasteiger charge is 2.22. The van der Waals surface area contributed by atoms with E-state index >= 15 is 0 Å². The number of benzene rings is 1. The van der Waals surface area contributed by atoms with Gasteiger partial charge in [-0.1, -0.05) is 38.1 Å². The van der Waals surface area contributed by atoms with E-state index in [4.69, 9.17) is 0 Å². The average molecular weight is 344 g/mol. The van der Waals surface area contributed by atoms with Crippen LogP contribution in [0.25, 0.3) is 0 Å². The lowest BCUT2D eigenvalue weighted by Crippen LogP contribution is -2.40. The summed E-state index contributed by atoms with van der Waals surface area (Å²) < 4.78 is 0. The molecule has 0 radical (unpaired) electrons. The molecule has 25 heavy (non-hydrogen) atoms. The molecule has 0 spiro atoms. The maximum absolute atomic E-state index is 12.2. The minimum Gasteiger partial charge on any atom is -0.352 e. The highest BCUT2D eigenvalue weighted by molar-refractivity contribution is 5.78. The molecule has 0 aromatic heterocycles. The standard InChI is InChI=1S/C21H33N3O/c1-16-10-17(2)14-24(13-16)15-19-7-5-18(6-8-19)11-23-21(25)20-4-3-9-22-12-20/h5-8,16-17,20,22H,3-4,9-15H2,1-2H3,(H,23,25). The molecule has 3 atom stereocenters. The van der Waals surface area contributed by atoms with E-state index in [1.165, 1.54) is 30.6 Å². The van der Waals surface area contributed by atoms with Crippen molar-refractivity contribution in [1.29, 1.82) is 0 Å². The Morgan fingerprint density at radius 2 is 1.84 bits per heavy atom. The second-order valence-electron chi connectivity index (χ2n) is 8.22. The summed E-state index contributed by atoms with van der Waals surface area (Å²) in [5.41, 5.74) is 2.55. The summed E-state index contributed by atoms with van der Waals surface area (Å²) in [7, 11) is 0. The van der Waals surface area contributed by atoms with Crippen LogP contribution in [0.5, 0.6) is 0 Å². The van der Waals surface area contributed by atoms with Gasteiger partial charge in [0.15, 0.2) is 0 Å². The smallest absolute Gasteiger partial charge is 0.224 e. The number of hydrogen-bond acceptors (Lipinski definition) is 3. The Labute approximate surface area is 152 Å². The molecular weight excluding hydrogens is 310 g/mol. The van der Waals surface area contributed by atoms with E-state index in [2.05, 4.69) is 53.6 Å². The van der Waals surface area contributed by atoms with Crippen molar-refractivity contribution in [2.75, 3.05) is 26.2 Å². The van der Waals surface area contributed by atoms with Gasteiger partial charge in [0.1, 0.15) is 0 Å². The zero-order valence-electron chi connectivity index (χ0n) is 15.8. The molecule has 2 saturated heterocycles. The van der Waals surface area contributed by atoms with Gasteiger partial charge in [0.2, 0.25) is 5.91 Å². The van der Waals surface area contributed by atoms with Crippen LogP contribution in [-0.4, -0.2) is 37.0 Å². The Hall–Kier alpha value is -1.39. The van der Waals surface area contributed by atoms with Crippen molar-refractivity contribution in [2.45, 2.75) is 46.2 Å². The highest BCUT2D eigenvalue weighted by Crippen LogP contribution is 2.22. The van der Waals surface area contributed by atoms with Crippen LogP contribution in [0.15, 0.2) is 24.3 Å². The molecule has 0 saturated carbocycles. The zero-order valence-corrected chi connectivity index (χ0v) is 15.8. The molecule has 1 aromatic rings. The van der Waals surface area contributed by atoms with Gasteiger partial charge in [0.25, 0.3) is 0 Å². The van der Waals surface area contributed by atoms with Crippen molar-refractivity contribution < 1.29 is 4.79 Å². The number of likely N-dealkylation sites (tertiary alicyclic amines) is 1. The number of carbonyl (C=O) groups is 1. The zero-order chi connectivity index (χ0) is 17.6. The van der Waals surface area contributed by atoms with Crippen molar-refractivity contribution in [1.82, 2.24) is 15.5 Å². The molecular formula is C21H33N3O. The normalized spacial score (nSPS) is 27.8. The lowest BCUT2D eigenvalue weighted by molar-refractivity contribution is -0.125. The van der Waals surface area contributed by atoms with E-state index in [9.17, 15) is 4.79 Å². The highest BCUT2D eigenvalue weighted by atomic mass is 16.1. The van der Waals surface area contributed by atoms with Crippen molar-refractivity contribution >= 4 is 5.91 Å². The molecule has 0 aliphatic carbocycles. The minimum absolute atomic E-state index is 0.135. The summed E-state index contributed by atoms with van der Waals surface area (Å²) in [4.78, 5) is 14.8. The number of amides is 1. The first-order chi connectivity index (χ1) is 12.1. The molecule has 138 valence electrons. The van der Waals surface area contributed by atoms with Crippen LogP contribution in [0.2, 0.25) is 0 Å². The number of nitrogens with zero attached hydrogens (tertiary/aromatic N) is 1. The molecule has 2 aliphatic rings.